The van der Waals surface area contributed by atoms with Crippen molar-refractivity contribution in [1.29, 1.82) is 0 Å². The number of rotatable bonds is 4. The molecule has 7 heteroatoms. The van der Waals surface area contributed by atoms with Gasteiger partial charge < -0.3 is 5.32 Å². The quantitative estimate of drug-likeness (QED) is 0.896. The van der Waals surface area contributed by atoms with Crippen molar-refractivity contribution in [2.45, 2.75) is 38.4 Å². The zero-order valence-corrected chi connectivity index (χ0v) is 13.7. The minimum absolute atomic E-state index is 0.0227. The Balaban J connectivity index is 1.64. The fourth-order valence-electron chi connectivity index (χ4n) is 3.36. The Bertz CT molecular complexity index is 712. The van der Waals surface area contributed by atoms with E-state index < -0.39 is 23.9 Å². The van der Waals surface area contributed by atoms with Gasteiger partial charge in [-0.25, -0.2) is 0 Å². The molecule has 1 aromatic heterocycles. The Labute approximate surface area is 144 Å². The van der Waals surface area contributed by atoms with E-state index >= 15 is 0 Å². The molecule has 1 aliphatic carbocycles. The molecule has 0 spiro atoms. The minimum atomic E-state index is -4.33. The number of hydrogen-bond acceptors (Lipinski definition) is 2. The molecule has 0 bridgehead atoms. The summed E-state index contributed by atoms with van der Waals surface area (Å²) in [5, 5.41) is 6.75. The van der Waals surface area contributed by atoms with E-state index in [1.165, 1.54) is 6.20 Å². The van der Waals surface area contributed by atoms with Gasteiger partial charge in [-0.1, -0.05) is 43.2 Å². The summed E-state index contributed by atoms with van der Waals surface area (Å²) in [4.78, 5) is 12.3. The highest BCUT2D eigenvalue weighted by atomic mass is 19.4. The van der Waals surface area contributed by atoms with Crippen LogP contribution in [0.2, 0.25) is 0 Å². The monoisotopic (exact) mass is 351 g/mol. The van der Waals surface area contributed by atoms with Crippen LogP contribution in [0, 0.1) is 11.8 Å². The maximum atomic E-state index is 13.1. The lowest BCUT2D eigenvalue weighted by Crippen LogP contribution is -2.39. The number of amides is 1. The van der Waals surface area contributed by atoms with E-state index in [-0.39, 0.29) is 12.8 Å². The first-order valence-corrected chi connectivity index (χ1v) is 8.37. The van der Waals surface area contributed by atoms with Gasteiger partial charge in [-0.05, 0) is 18.4 Å². The molecule has 2 atom stereocenters. The van der Waals surface area contributed by atoms with Crippen molar-refractivity contribution in [2.24, 2.45) is 11.8 Å². The minimum Gasteiger partial charge on any atom is -0.323 e. The second-order valence-corrected chi connectivity index (χ2v) is 6.44. The second kappa shape index (κ2) is 7.29. The smallest absolute Gasteiger partial charge is 0.323 e. The van der Waals surface area contributed by atoms with E-state index in [1.807, 2.05) is 30.3 Å². The van der Waals surface area contributed by atoms with E-state index in [1.54, 1.807) is 10.9 Å². The third-order valence-corrected chi connectivity index (χ3v) is 4.61. The van der Waals surface area contributed by atoms with Gasteiger partial charge in [0.25, 0.3) is 0 Å². The number of benzene rings is 1. The predicted octanol–water partition coefficient (Wildman–Crippen LogP) is 4.24. The van der Waals surface area contributed by atoms with Gasteiger partial charge >= 0.3 is 6.18 Å². The Morgan fingerprint density at radius 1 is 1.20 bits per heavy atom. The molecule has 1 aromatic carbocycles. The predicted molar refractivity (Wildman–Crippen MR) is 87.9 cm³/mol. The molecule has 0 saturated heterocycles. The van der Waals surface area contributed by atoms with Crippen LogP contribution < -0.4 is 5.32 Å². The van der Waals surface area contributed by atoms with Crippen LogP contribution in [0.4, 0.5) is 18.9 Å². The lowest BCUT2D eigenvalue weighted by Gasteiger charge is -2.31. The average Bonchev–Trinajstić information content (AvgIpc) is 3.02. The zero-order valence-electron chi connectivity index (χ0n) is 13.7. The molecule has 3 rings (SSSR count). The average molecular weight is 351 g/mol. The standard InChI is InChI=1S/C18H20F3N3O/c19-18(20,21)16-9-5-4-8-15(16)17(25)23-14-10-22-24(12-14)11-13-6-2-1-3-7-13/h1-3,6-7,10,12,15-16H,4-5,8-9,11H2,(H,23,25)/t15-,16-/m1/s1. The Morgan fingerprint density at radius 3 is 2.64 bits per heavy atom. The normalized spacial score (nSPS) is 21.1. The van der Waals surface area contributed by atoms with E-state index in [2.05, 4.69) is 10.4 Å². The van der Waals surface area contributed by atoms with Gasteiger partial charge in [-0.3, -0.25) is 9.48 Å². The first kappa shape index (κ1) is 17.5. The maximum Gasteiger partial charge on any atom is 0.392 e. The van der Waals surface area contributed by atoms with Gasteiger partial charge in [0.05, 0.1) is 24.3 Å². The molecule has 1 aliphatic rings. The Hall–Kier alpha value is -2.31. The fraction of sp³-hybridized carbons (Fsp3) is 0.444. The van der Waals surface area contributed by atoms with Crippen LogP contribution in [0.1, 0.15) is 31.2 Å². The van der Waals surface area contributed by atoms with Crippen molar-refractivity contribution in [1.82, 2.24) is 9.78 Å². The summed E-state index contributed by atoms with van der Waals surface area (Å²) in [6.07, 6.45) is 0.229. The Kier molecular flexibility index (Phi) is 5.11. The van der Waals surface area contributed by atoms with Gasteiger partial charge in [0, 0.05) is 12.1 Å². The van der Waals surface area contributed by atoms with Crippen molar-refractivity contribution in [3.8, 4) is 0 Å². The summed E-state index contributed by atoms with van der Waals surface area (Å²) in [5.74, 6) is -3.15. The van der Waals surface area contributed by atoms with E-state index in [4.69, 9.17) is 0 Å². The van der Waals surface area contributed by atoms with Crippen LogP contribution in [0.15, 0.2) is 42.7 Å². The van der Waals surface area contributed by atoms with E-state index in [0.717, 1.165) is 5.56 Å². The van der Waals surface area contributed by atoms with E-state index in [0.29, 0.717) is 25.1 Å². The number of anilines is 1. The Morgan fingerprint density at radius 2 is 1.92 bits per heavy atom. The van der Waals surface area contributed by atoms with Crippen molar-refractivity contribution in [3.63, 3.8) is 0 Å². The number of carbonyl (C=O) groups is 1. The number of nitrogens with one attached hydrogen (secondary N) is 1. The summed E-state index contributed by atoms with van der Waals surface area (Å²) in [6.45, 7) is 0.533. The van der Waals surface area contributed by atoms with Crippen molar-refractivity contribution in [3.05, 3.63) is 48.3 Å². The molecule has 0 radical (unpaired) electrons. The molecule has 2 aromatic rings. The van der Waals surface area contributed by atoms with Crippen LogP contribution in [0.25, 0.3) is 0 Å². The topological polar surface area (TPSA) is 46.9 Å². The zero-order chi connectivity index (χ0) is 17.9. The number of hydrogen-bond donors (Lipinski definition) is 1. The van der Waals surface area contributed by atoms with Crippen LogP contribution in [0.5, 0.6) is 0 Å². The molecule has 134 valence electrons. The first-order chi connectivity index (χ1) is 11.9. The molecular formula is C18H20F3N3O. The molecule has 1 fully saturated rings. The molecule has 1 heterocycles. The second-order valence-electron chi connectivity index (χ2n) is 6.44. The van der Waals surface area contributed by atoms with Crippen LogP contribution in [-0.2, 0) is 11.3 Å². The van der Waals surface area contributed by atoms with Crippen LogP contribution in [0.3, 0.4) is 0 Å². The number of aromatic nitrogens is 2. The fourth-order valence-corrected chi connectivity index (χ4v) is 3.36. The molecule has 25 heavy (non-hydrogen) atoms. The number of carbonyl (C=O) groups excluding carboxylic acids is 1. The number of alkyl halides is 3. The summed E-state index contributed by atoms with van der Waals surface area (Å²) in [7, 11) is 0. The van der Waals surface area contributed by atoms with Crippen molar-refractivity contribution < 1.29 is 18.0 Å². The number of halogens is 3. The molecule has 4 nitrogen and oxygen atoms in total. The summed E-state index contributed by atoms with van der Waals surface area (Å²) in [6, 6.07) is 9.66. The van der Waals surface area contributed by atoms with Gasteiger partial charge in [0.2, 0.25) is 5.91 Å². The third-order valence-electron chi connectivity index (χ3n) is 4.61. The molecule has 0 unspecified atom stereocenters. The van der Waals surface area contributed by atoms with Crippen LogP contribution >= 0.6 is 0 Å². The molecule has 1 saturated carbocycles. The SMILES string of the molecule is O=C(Nc1cnn(Cc2ccccc2)c1)[C@@H]1CCCC[C@H]1C(F)(F)F. The highest BCUT2D eigenvalue weighted by molar-refractivity contribution is 5.92. The first-order valence-electron chi connectivity index (χ1n) is 8.37. The molecule has 1 amide bonds. The summed E-state index contributed by atoms with van der Waals surface area (Å²) >= 11 is 0. The van der Waals surface area contributed by atoms with Gasteiger partial charge in [-0.15, -0.1) is 0 Å². The summed E-state index contributed by atoms with van der Waals surface area (Å²) in [5.41, 5.74) is 1.47. The molecular weight excluding hydrogens is 331 g/mol. The van der Waals surface area contributed by atoms with Crippen molar-refractivity contribution >= 4 is 11.6 Å². The summed E-state index contributed by atoms with van der Waals surface area (Å²) < 4.78 is 41.1. The highest BCUT2D eigenvalue weighted by Gasteiger charge is 2.48. The van der Waals surface area contributed by atoms with Gasteiger partial charge in [0.15, 0.2) is 0 Å². The lowest BCUT2D eigenvalue weighted by atomic mass is 9.78. The van der Waals surface area contributed by atoms with Gasteiger partial charge in [0.1, 0.15) is 0 Å². The molecule has 1 N–H and O–H groups in total. The number of nitrogens with zero attached hydrogens (tertiary/aromatic N) is 2. The lowest BCUT2D eigenvalue weighted by molar-refractivity contribution is -0.197. The van der Waals surface area contributed by atoms with Gasteiger partial charge in [-0.2, -0.15) is 18.3 Å². The highest BCUT2D eigenvalue weighted by Crippen LogP contribution is 2.41. The maximum absolute atomic E-state index is 13.1. The largest absolute Gasteiger partial charge is 0.392 e. The van der Waals surface area contributed by atoms with Crippen molar-refractivity contribution in [2.75, 3.05) is 5.32 Å². The van der Waals surface area contributed by atoms with Crippen LogP contribution in [-0.4, -0.2) is 21.9 Å². The van der Waals surface area contributed by atoms with E-state index in [9.17, 15) is 18.0 Å². The molecule has 0 aliphatic heterocycles. The third kappa shape index (κ3) is 4.41.